The summed E-state index contributed by atoms with van der Waals surface area (Å²) in [6.45, 7) is 6.06. The topological polar surface area (TPSA) is 43.6 Å². The maximum atomic E-state index is 4.79. The minimum atomic E-state index is 0.833. The fourth-order valence-electron chi connectivity index (χ4n) is 2.99. The Kier molecular flexibility index (Phi) is 5.77. The van der Waals surface area contributed by atoms with Crippen LogP contribution in [0.15, 0.2) is 73.2 Å². The molecule has 0 saturated carbocycles. The molecule has 0 N–H and O–H groups in total. The van der Waals surface area contributed by atoms with E-state index in [0.717, 1.165) is 27.9 Å². The zero-order valence-electron chi connectivity index (χ0n) is 16.2. The van der Waals surface area contributed by atoms with Gasteiger partial charge in [-0.15, -0.1) is 0 Å². The van der Waals surface area contributed by atoms with Crippen LogP contribution in [0.5, 0.6) is 0 Å². The molecule has 0 aliphatic rings. The summed E-state index contributed by atoms with van der Waals surface area (Å²) in [6, 6.07) is 16.6. The largest absolute Gasteiger partial charge is 0.275 e. The molecule has 0 spiro atoms. The molecule has 0 saturated heterocycles. The zero-order chi connectivity index (χ0) is 19.2. The summed E-state index contributed by atoms with van der Waals surface area (Å²) in [5.41, 5.74) is 7.10. The summed E-state index contributed by atoms with van der Waals surface area (Å²) in [7, 11) is 1.90. The fraction of sp³-hybridized carbons (Fsp3) is 0.174. The first kappa shape index (κ1) is 18.5. The van der Waals surface area contributed by atoms with Gasteiger partial charge in [-0.2, -0.15) is 5.10 Å². The van der Waals surface area contributed by atoms with E-state index in [9.17, 15) is 0 Å². The molecular weight excluding hydrogens is 332 g/mol. The van der Waals surface area contributed by atoms with E-state index in [0.29, 0.717) is 0 Å². The molecule has 0 bridgehead atoms. The molecule has 0 unspecified atom stereocenters. The highest BCUT2D eigenvalue weighted by Crippen LogP contribution is 2.26. The maximum Gasteiger partial charge on any atom is 0.0924 e. The van der Waals surface area contributed by atoms with Crippen LogP contribution >= 0.6 is 0 Å². The van der Waals surface area contributed by atoms with Gasteiger partial charge in [0.05, 0.1) is 29.1 Å². The lowest BCUT2D eigenvalue weighted by Crippen LogP contribution is -1.92. The molecule has 4 rings (SSSR count). The summed E-state index contributed by atoms with van der Waals surface area (Å²) >= 11 is 0. The number of hydrogen-bond donors (Lipinski definition) is 0. The van der Waals surface area contributed by atoms with E-state index in [1.165, 1.54) is 11.1 Å². The van der Waals surface area contributed by atoms with Crippen molar-refractivity contribution in [1.29, 1.82) is 0 Å². The molecule has 0 fully saturated rings. The number of benzene rings is 2. The number of rotatable bonds is 3. The third-order valence-corrected chi connectivity index (χ3v) is 4.23. The van der Waals surface area contributed by atoms with Gasteiger partial charge in [0.1, 0.15) is 0 Å². The van der Waals surface area contributed by atoms with E-state index in [4.69, 9.17) is 4.98 Å². The minimum absolute atomic E-state index is 0.833. The molecule has 4 nitrogen and oxygen atoms in total. The highest BCUT2D eigenvalue weighted by molar-refractivity contribution is 5.86. The number of aromatic nitrogens is 4. The molecule has 0 aliphatic heterocycles. The van der Waals surface area contributed by atoms with Gasteiger partial charge in [-0.3, -0.25) is 9.67 Å². The van der Waals surface area contributed by atoms with Gasteiger partial charge in [0.25, 0.3) is 0 Å². The van der Waals surface area contributed by atoms with E-state index in [-0.39, 0.29) is 0 Å². The smallest absolute Gasteiger partial charge is 0.0924 e. The lowest BCUT2D eigenvalue weighted by Gasteiger charge is -2.09. The Morgan fingerprint density at radius 3 is 2.37 bits per heavy atom. The number of aryl methyl sites for hydroxylation is 1. The van der Waals surface area contributed by atoms with Crippen molar-refractivity contribution in [3.05, 3.63) is 84.3 Å². The molecule has 2 heterocycles. The molecule has 136 valence electrons. The van der Waals surface area contributed by atoms with Gasteiger partial charge in [-0.1, -0.05) is 56.3 Å². The van der Waals surface area contributed by atoms with Gasteiger partial charge >= 0.3 is 0 Å². The molecular formula is C23H24N4. The lowest BCUT2D eigenvalue weighted by molar-refractivity contribution is 0.768. The Bertz CT molecular complexity index is 1060. The predicted molar refractivity (Wildman–Crippen MR) is 112 cm³/mol. The van der Waals surface area contributed by atoms with Crippen molar-refractivity contribution < 1.29 is 0 Å². The monoisotopic (exact) mass is 356 g/mol. The zero-order valence-corrected chi connectivity index (χ0v) is 16.2. The molecule has 0 atom stereocenters. The quantitative estimate of drug-likeness (QED) is 0.486. The van der Waals surface area contributed by atoms with Crippen molar-refractivity contribution in [3.8, 4) is 11.3 Å². The van der Waals surface area contributed by atoms with Crippen LogP contribution in [0.25, 0.3) is 27.9 Å². The first-order chi connectivity index (χ1) is 13.2. The Morgan fingerprint density at radius 2 is 1.70 bits per heavy atom. The van der Waals surface area contributed by atoms with E-state index in [2.05, 4.69) is 59.5 Å². The van der Waals surface area contributed by atoms with Crippen LogP contribution in [0.2, 0.25) is 0 Å². The van der Waals surface area contributed by atoms with Crippen molar-refractivity contribution in [2.45, 2.75) is 20.8 Å². The van der Waals surface area contributed by atoms with Crippen molar-refractivity contribution in [2.75, 3.05) is 0 Å². The highest BCUT2D eigenvalue weighted by Gasteiger charge is 2.08. The van der Waals surface area contributed by atoms with Gasteiger partial charge in [-0.25, -0.2) is 4.98 Å². The van der Waals surface area contributed by atoms with Crippen LogP contribution in [0.3, 0.4) is 0 Å². The SMILES string of the molecule is CC.CC=C(c1ccccc1)c1ccc2ncc(-c3cnn(C)c3)nc2c1. The van der Waals surface area contributed by atoms with Crippen LogP contribution < -0.4 is 0 Å². The number of fused-ring (bicyclic) bond motifs is 1. The molecule has 27 heavy (non-hydrogen) atoms. The van der Waals surface area contributed by atoms with Gasteiger partial charge in [0.15, 0.2) is 0 Å². The van der Waals surface area contributed by atoms with Crippen molar-refractivity contribution in [1.82, 2.24) is 19.7 Å². The van der Waals surface area contributed by atoms with Crippen molar-refractivity contribution >= 4 is 16.6 Å². The minimum Gasteiger partial charge on any atom is -0.275 e. The third-order valence-electron chi connectivity index (χ3n) is 4.23. The van der Waals surface area contributed by atoms with Crippen LogP contribution in [0.1, 0.15) is 31.9 Å². The second-order valence-electron chi connectivity index (χ2n) is 5.93. The first-order valence-corrected chi connectivity index (χ1v) is 9.22. The molecule has 2 aromatic heterocycles. The Hall–Kier alpha value is -3.27. The molecule has 4 aromatic rings. The Balaban J connectivity index is 0.00000102. The number of hydrogen-bond acceptors (Lipinski definition) is 3. The normalized spacial score (nSPS) is 11.2. The second kappa shape index (κ2) is 8.41. The second-order valence-corrected chi connectivity index (χ2v) is 5.93. The first-order valence-electron chi connectivity index (χ1n) is 9.22. The van der Waals surface area contributed by atoms with Gasteiger partial charge < -0.3 is 0 Å². The Labute approximate surface area is 160 Å². The van der Waals surface area contributed by atoms with E-state index in [1.54, 1.807) is 17.1 Å². The average Bonchev–Trinajstić information content (AvgIpc) is 3.17. The average molecular weight is 356 g/mol. The highest BCUT2D eigenvalue weighted by atomic mass is 15.2. The van der Waals surface area contributed by atoms with E-state index in [1.807, 2.05) is 39.2 Å². The number of allylic oxidation sites excluding steroid dienone is 1. The van der Waals surface area contributed by atoms with Crippen LogP contribution in [0, 0.1) is 0 Å². The molecule has 0 aliphatic carbocycles. The molecule has 0 radical (unpaired) electrons. The molecule has 2 aromatic carbocycles. The van der Waals surface area contributed by atoms with E-state index < -0.39 is 0 Å². The predicted octanol–water partition coefficient (Wildman–Crippen LogP) is 5.51. The standard InChI is InChI=1S/C21H18N4.C2H6/c1-3-18(15-7-5-4-6-8-15)16-9-10-19-20(11-16)24-21(13-22-19)17-12-23-25(2)14-17;1-2/h3-14H,1-2H3;1-2H3. The summed E-state index contributed by atoms with van der Waals surface area (Å²) in [6.07, 6.45) is 7.68. The Morgan fingerprint density at radius 1 is 0.926 bits per heavy atom. The van der Waals surface area contributed by atoms with Crippen LogP contribution in [-0.4, -0.2) is 19.7 Å². The fourth-order valence-corrected chi connectivity index (χ4v) is 2.99. The molecule has 4 heteroatoms. The summed E-state index contributed by atoms with van der Waals surface area (Å²) in [5.74, 6) is 0. The third kappa shape index (κ3) is 3.95. The number of nitrogens with zero attached hydrogens (tertiary/aromatic N) is 4. The summed E-state index contributed by atoms with van der Waals surface area (Å²) in [5, 5.41) is 4.21. The molecule has 0 amide bonds. The maximum absolute atomic E-state index is 4.79. The van der Waals surface area contributed by atoms with Crippen LogP contribution in [0.4, 0.5) is 0 Å². The summed E-state index contributed by atoms with van der Waals surface area (Å²) in [4.78, 5) is 9.33. The lowest BCUT2D eigenvalue weighted by atomic mass is 9.97. The van der Waals surface area contributed by atoms with Gasteiger partial charge in [0.2, 0.25) is 0 Å². The van der Waals surface area contributed by atoms with Crippen LogP contribution in [-0.2, 0) is 7.05 Å². The van der Waals surface area contributed by atoms with E-state index >= 15 is 0 Å². The summed E-state index contributed by atoms with van der Waals surface area (Å²) < 4.78 is 1.77. The van der Waals surface area contributed by atoms with Gasteiger partial charge in [0, 0.05) is 18.8 Å². The van der Waals surface area contributed by atoms with Crippen molar-refractivity contribution in [3.63, 3.8) is 0 Å². The van der Waals surface area contributed by atoms with Crippen molar-refractivity contribution in [2.24, 2.45) is 7.05 Å². The van der Waals surface area contributed by atoms with Gasteiger partial charge in [-0.05, 0) is 35.8 Å².